The maximum Gasteiger partial charge on any atom is 0.216 e. The predicted octanol–water partition coefficient (Wildman–Crippen LogP) is 4.57. The van der Waals surface area contributed by atoms with Gasteiger partial charge in [-0.3, -0.25) is 0 Å². The molecule has 30 heavy (non-hydrogen) atoms. The Balaban J connectivity index is 1.78. The number of hydrogen-bond donors (Lipinski definition) is 2. The van der Waals surface area contributed by atoms with Crippen LogP contribution in [-0.2, 0) is 6.61 Å². The molecule has 7 nitrogen and oxygen atoms in total. The van der Waals surface area contributed by atoms with Crippen molar-refractivity contribution in [3.05, 3.63) is 63.7 Å². The highest BCUT2D eigenvalue weighted by Gasteiger charge is 2.09. The third-order valence-corrected chi connectivity index (χ3v) is 5.00. The monoisotopic (exact) mass is 425 g/mol. The molecule has 0 fully saturated rings. The van der Waals surface area contributed by atoms with Crippen LogP contribution in [0.4, 0.5) is 5.69 Å². The van der Waals surface area contributed by atoms with Gasteiger partial charge >= 0.3 is 0 Å². The molecule has 0 radical (unpaired) electrons. The first-order valence-corrected chi connectivity index (χ1v) is 10.3. The summed E-state index contributed by atoms with van der Waals surface area (Å²) in [6, 6.07) is 11.6. The van der Waals surface area contributed by atoms with Crippen molar-refractivity contribution < 1.29 is 9.84 Å². The Hall–Kier alpha value is -3.13. The number of anilines is 1. The van der Waals surface area contributed by atoms with Gasteiger partial charge in [0.05, 0.1) is 6.21 Å². The van der Waals surface area contributed by atoms with Crippen molar-refractivity contribution in [2.45, 2.75) is 34.3 Å². The summed E-state index contributed by atoms with van der Waals surface area (Å²) in [7, 11) is 0. The van der Waals surface area contributed by atoms with Gasteiger partial charge < -0.3 is 14.7 Å². The van der Waals surface area contributed by atoms with Gasteiger partial charge in [0.1, 0.15) is 18.1 Å². The Morgan fingerprint density at radius 3 is 2.50 bits per heavy atom. The Bertz CT molecular complexity index is 1080. The second kappa shape index (κ2) is 9.58. The van der Waals surface area contributed by atoms with Crippen molar-refractivity contribution in [2.75, 3.05) is 18.0 Å². The van der Waals surface area contributed by atoms with Crippen LogP contribution in [0.15, 0.2) is 41.5 Å². The topological polar surface area (TPSA) is 78.7 Å². The maximum atomic E-state index is 10.4. The average Bonchev–Trinajstić information content (AvgIpc) is 3.05. The summed E-state index contributed by atoms with van der Waals surface area (Å²) < 4.78 is 7.72. The van der Waals surface area contributed by atoms with E-state index in [2.05, 4.69) is 40.1 Å². The number of aromatic hydroxyl groups is 1. The number of nitrogens with one attached hydrogen (secondary N) is 1. The number of nitrogens with zero attached hydrogens (tertiary/aromatic N) is 4. The van der Waals surface area contributed by atoms with Crippen LogP contribution in [0, 0.1) is 18.6 Å². The van der Waals surface area contributed by atoms with E-state index in [1.807, 2.05) is 38.1 Å². The number of rotatable bonds is 8. The molecular formula is C22H27N5O2S. The van der Waals surface area contributed by atoms with Gasteiger partial charge in [-0.1, -0.05) is 6.07 Å². The Labute approximate surface area is 181 Å². The molecule has 0 aliphatic heterocycles. The van der Waals surface area contributed by atoms with Crippen molar-refractivity contribution in [1.29, 1.82) is 0 Å². The van der Waals surface area contributed by atoms with E-state index in [4.69, 9.17) is 17.0 Å². The molecule has 0 amide bonds. The molecule has 0 atom stereocenters. The maximum absolute atomic E-state index is 10.4. The molecule has 3 rings (SSSR count). The third kappa shape index (κ3) is 5.07. The number of H-pyrrole nitrogens is 1. The Kier molecular flexibility index (Phi) is 6.89. The number of aryl methyl sites for hydroxylation is 2. The molecule has 2 aromatic carbocycles. The van der Waals surface area contributed by atoms with Crippen LogP contribution in [0.5, 0.6) is 11.5 Å². The summed E-state index contributed by atoms with van der Waals surface area (Å²) in [5.74, 6) is 1.46. The fraction of sp³-hybridized carbons (Fsp3) is 0.318. The highest BCUT2D eigenvalue weighted by Crippen LogP contribution is 2.24. The standard InChI is InChI=1S/C22H27N5O2S/c1-5-26(6-2)18-8-7-17(20(28)12-18)13-23-27-21(24-25-22(27)30)14-29-19-10-15(3)9-16(4)11-19/h7-13,28H,5-6,14H2,1-4H3,(H,25,30)/b23-13+. The van der Waals surface area contributed by atoms with Crippen molar-refractivity contribution in [3.8, 4) is 11.5 Å². The van der Waals surface area contributed by atoms with Crippen LogP contribution in [0.1, 0.15) is 36.4 Å². The van der Waals surface area contributed by atoms with E-state index in [9.17, 15) is 5.11 Å². The van der Waals surface area contributed by atoms with Gasteiger partial charge in [-0.2, -0.15) is 14.9 Å². The quantitative estimate of drug-likeness (QED) is 0.408. The lowest BCUT2D eigenvalue weighted by atomic mass is 10.1. The molecule has 3 aromatic rings. The third-order valence-electron chi connectivity index (χ3n) is 4.74. The lowest BCUT2D eigenvalue weighted by molar-refractivity contribution is 0.290. The molecule has 2 N–H and O–H groups in total. The SMILES string of the molecule is CCN(CC)c1ccc(/C=N/n2c(COc3cc(C)cc(C)c3)n[nH]c2=S)c(O)c1. The van der Waals surface area contributed by atoms with E-state index < -0.39 is 0 Å². The molecule has 158 valence electrons. The molecule has 1 heterocycles. The Morgan fingerprint density at radius 1 is 1.17 bits per heavy atom. The zero-order chi connectivity index (χ0) is 21.7. The first-order chi connectivity index (χ1) is 14.4. The summed E-state index contributed by atoms with van der Waals surface area (Å²) in [6.07, 6.45) is 1.56. The first-order valence-electron chi connectivity index (χ1n) is 9.91. The zero-order valence-corrected chi connectivity index (χ0v) is 18.5. The minimum atomic E-state index is 0.159. The van der Waals surface area contributed by atoms with Crippen LogP contribution in [-0.4, -0.2) is 39.3 Å². The van der Waals surface area contributed by atoms with E-state index in [1.165, 1.54) is 4.68 Å². The van der Waals surface area contributed by atoms with Gasteiger partial charge in [0.2, 0.25) is 4.77 Å². The predicted molar refractivity (Wildman–Crippen MR) is 122 cm³/mol. The normalized spacial score (nSPS) is 11.2. The van der Waals surface area contributed by atoms with E-state index in [0.717, 1.165) is 35.7 Å². The largest absolute Gasteiger partial charge is 0.507 e. The molecule has 0 saturated heterocycles. The van der Waals surface area contributed by atoms with E-state index in [-0.39, 0.29) is 12.4 Å². The van der Waals surface area contributed by atoms with Gasteiger partial charge in [-0.25, -0.2) is 5.10 Å². The summed E-state index contributed by atoms with van der Waals surface area (Å²) in [6.45, 7) is 10.2. The number of aromatic nitrogens is 3. The van der Waals surface area contributed by atoms with Crippen LogP contribution < -0.4 is 9.64 Å². The van der Waals surface area contributed by atoms with Gasteiger partial charge in [0, 0.05) is 30.4 Å². The summed E-state index contributed by atoms with van der Waals surface area (Å²) in [4.78, 5) is 2.16. The summed E-state index contributed by atoms with van der Waals surface area (Å²) >= 11 is 5.29. The second-order valence-corrected chi connectivity index (χ2v) is 7.42. The number of hydrogen-bond acceptors (Lipinski definition) is 6. The number of ether oxygens (including phenoxy) is 1. The summed E-state index contributed by atoms with van der Waals surface area (Å²) in [5.41, 5.74) is 3.82. The fourth-order valence-corrected chi connectivity index (χ4v) is 3.45. The van der Waals surface area contributed by atoms with Crippen molar-refractivity contribution in [1.82, 2.24) is 14.9 Å². The lowest BCUT2D eigenvalue weighted by Crippen LogP contribution is -2.21. The number of phenolic OH excluding ortho intramolecular Hbond substituents is 1. The second-order valence-electron chi connectivity index (χ2n) is 7.03. The van der Waals surface area contributed by atoms with Gasteiger partial charge in [-0.15, -0.1) is 0 Å². The van der Waals surface area contributed by atoms with Crippen LogP contribution in [0.25, 0.3) is 0 Å². The lowest BCUT2D eigenvalue weighted by Gasteiger charge is -2.21. The van der Waals surface area contributed by atoms with E-state index >= 15 is 0 Å². The molecule has 0 aliphatic carbocycles. The van der Waals surface area contributed by atoms with Crippen LogP contribution >= 0.6 is 12.2 Å². The molecule has 0 bridgehead atoms. The molecule has 1 aromatic heterocycles. The number of phenols is 1. The van der Waals surface area contributed by atoms with Gasteiger partial charge in [-0.05, 0) is 75.3 Å². The number of benzene rings is 2. The summed E-state index contributed by atoms with van der Waals surface area (Å²) in [5, 5.41) is 21.7. The smallest absolute Gasteiger partial charge is 0.216 e. The van der Waals surface area contributed by atoms with Crippen molar-refractivity contribution in [3.63, 3.8) is 0 Å². The highest BCUT2D eigenvalue weighted by molar-refractivity contribution is 7.71. The molecule has 0 spiro atoms. The van der Waals surface area contributed by atoms with Gasteiger partial charge in [0.15, 0.2) is 5.82 Å². The first kappa shape index (κ1) is 21.6. The molecular weight excluding hydrogens is 398 g/mol. The number of aromatic amines is 1. The van der Waals surface area contributed by atoms with Gasteiger partial charge in [0.25, 0.3) is 0 Å². The zero-order valence-electron chi connectivity index (χ0n) is 17.7. The highest BCUT2D eigenvalue weighted by atomic mass is 32.1. The van der Waals surface area contributed by atoms with E-state index in [0.29, 0.717) is 16.2 Å². The Morgan fingerprint density at radius 2 is 1.87 bits per heavy atom. The molecule has 0 unspecified atom stereocenters. The molecule has 0 saturated carbocycles. The minimum absolute atomic E-state index is 0.159. The van der Waals surface area contributed by atoms with Crippen molar-refractivity contribution in [2.24, 2.45) is 5.10 Å². The molecule has 0 aliphatic rings. The van der Waals surface area contributed by atoms with Crippen LogP contribution in [0.2, 0.25) is 0 Å². The van der Waals surface area contributed by atoms with Crippen molar-refractivity contribution >= 4 is 24.1 Å². The van der Waals surface area contributed by atoms with E-state index in [1.54, 1.807) is 12.3 Å². The van der Waals surface area contributed by atoms with Crippen LogP contribution in [0.3, 0.4) is 0 Å². The molecule has 8 heteroatoms. The fourth-order valence-electron chi connectivity index (χ4n) is 3.25. The minimum Gasteiger partial charge on any atom is -0.507 e. The average molecular weight is 426 g/mol.